The second kappa shape index (κ2) is 11.0. The number of carbonyl (C=O) groups excluding carboxylic acids is 1. The summed E-state index contributed by atoms with van der Waals surface area (Å²) in [4.78, 5) is 26.0. The maximum atomic E-state index is 12.4. The van der Waals surface area contributed by atoms with Crippen LogP contribution in [0.15, 0.2) is 65.7 Å². The fourth-order valence-corrected chi connectivity index (χ4v) is 4.39. The number of imidazole rings is 1. The van der Waals surface area contributed by atoms with Crippen LogP contribution in [0, 0.1) is 0 Å². The molecule has 0 aliphatic heterocycles. The molecule has 0 atom stereocenters. The number of aromatic nitrogens is 3. The third-order valence-corrected chi connectivity index (χ3v) is 6.32. The number of aryl methyl sites for hydroxylation is 1. The normalized spacial score (nSPS) is 11.0. The molecule has 1 amide bonds. The zero-order valence-corrected chi connectivity index (χ0v) is 19.7. The molecule has 33 heavy (non-hydrogen) atoms. The Morgan fingerprint density at radius 3 is 2.76 bits per heavy atom. The van der Waals surface area contributed by atoms with E-state index in [2.05, 4.69) is 26.3 Å². The van der Waals surface area contributed by atoms with Gasteiger partial charge in [-0.25, -0.2) is 9.97 Å². The highest BCUT2D eigenvalue weighted by molar-refractivity contribution is 7.98. The lowest BCUT2D eigenvalue weighted by atomic mass is 10.1. The van der Waals surface area contributed by atoms with Crippen LogP contribution in [0.25, 0.3) is 22.2 Å². The summed E-state index contributed by atoms with van der Waals surface area (Å²) in [5, 5.41) is 4.09. The first-order chi connectivity index (χ1) is 16.2. The molecule has 2 N–H and O–H groups in total. The SMILES string of the molecule is COc1nc2ccccc2cc1-c1cnc(CCCCCNC(=O)c2ccccc2SC)[nH]1. The number of fused-ring (bicyclic) bond motifs is 1. The predicted octanol–water partition coefficient (Wildman–Crippen LogP) is 5.50. The molecular weight excluding hydrogens is 432 g/mol. The Hall–Kier alpha value is -3.32. The number of hydrogen-bond donors (Lipinski definition) is 2. The van der Waals surface area contributed by atoms with Crippen molar-refractivity contribution in [1.29, 1.82) is 0 Å². The molecule has 170 valence electrons. The van der Waals surface area contributed by atoms with Crippen LogP contribution in [0.3, 0.4) is 0 Å². The van der Waals surface area contributed by atoms with E-state index >= 15 is 0 Å². The molecular formula is C26H28N4O2S. The number of aromatic amines is 1. The number of para-hydroxylation sites is 1. The molecule has 4 aromatic rings. The molecule has 0 radical (unpaired) electrons. The molecule has 2 aromatic heterocycles. The van der Waals surface area contributed by atoms with Crippen LogP contribution < -0.4 is 10.1 Å². The van der Waals surface area contributed by atoms with Crippen LogP contribution in [-0.4, -0.2) is 40.8 Å². The van der Waals surface area contributed by atoms with E-state index in [1.54, 1.807) is 18.9 Å². The molecule has 0 unspecified atom stereocenters. The second-order valence-corrected chi connectivity index (χ2v) is 8.60. The van der Waals surface area contributed by atoms with Crippen molar-refractivity contribution < 1.29 is 9.53 Å². The Balaban J connectivity index is 1.27. The van der Waals surface area contributed by atoms with E-state index in [1.165, 1.54) is 0 Å². The number of ether oxygens (including phenoxy) is 1. The fraction of sp³-hybridized carbons (Fsp3) is 0.269. The molecule has 0 aliphatic rings. The first-order valence-electron chi connectivity index (χ1n) is 11.1. The van der Waals surface area contributed by atoms with Gasteiger partial charge in [0.15, 0.2) is 0 Å². The van der Waals surface area contributed by atoms with E-state index in [4.69, 9.17) is 4.74 Å². The van der Waals surface area contributed by atoms with Gasteiger partial charge in [0.25, 0.3) is 5.91 Å². The predicted molar refractivity (Wildman–Crippen MR) is 134 cm³/mol. The largest absolute Gasteiger partial charge is 0.480 e. The van der Waals surface area contributed by atoms with Crippen LogP contribution in [0.4, 0.5) is 0 Å². The zero-order chi connectivity index (χ0) is 23.0. The number of thioether (sulfide) groups is 1. The maximum absolute atomic E-state index is 12.4. The maximum Gasteiger partial charge on any atom is 0.252 e. The lowest BCUT2D eigenvalue weighted by molar-refractivity contribution is 0.0950. The molecule has 2 aromatic carbocycles. The summed E-state index contributed by atoms with van der Waals surface area (Å²) in [5.41, 5.74) is 3.46. The van der Waals surface area contributed by atoms with Crippen molar-refractivity contribution >= 4 is 28.6 Å². The Kier molecular flexibility index (Phi) is 7.62. The first kappa shape index (κ1) is 22.9. The number of unbranched alkanes of at least 4 members (excludes halogenated alkanes) is 2. The van der Waals surface area contributed by atoms with Gasteiger partial charge < -0.3 is 15.0 Å². The Labute approximate surface area is 198 Å². The van der Waals surface area contributed by atoms with Crippen LogP contribution in [0.1, 0.15) is 35.4 Å². The molecule has 4 rings (SSSR count). The van der Waals surface area contributed by atoms with Gasteiger partial charge in [0, 0.05) is 23.2 Å². The Morgan fingerprint density at radius 1 is 1.09 bits per heavy atom. The lowest BCUT2D eigenvalue weighted by Gasteiger charge is -2.08. The summed E-state index contributed by atoms with van der Waals surface area (Å²) in [5.74, 6) is 1.52. The molecule has 0 saturated heterocycles. The van der Waals surface area contributed by atoms with Gasteiger partial charge in [-0.05, 0) is 43.4 Å². The van der Waals surface area contributed by atoms with E-state index in [-0.39, 0.29) is 5.91 Å². The van der Waals surface area contributed by atoms with E-state index < -0.39 is 0 Å². The topological polar surface area (TPSA) is 79.9 Å². The fourth-order valence-electron chi connectivity index (χ4n) is 3.80. The van der Waals surface area contributed by atoms with Gasteiger partial charge in [-0.1, -0.05) is 36.8 Å². The highest BCUT2D eigenvalue weighted by Crippen LogP contribution is 2.30. The lowest BCUT2D eigenvalue weighted by Crippen LogP contribution is -2.24. The standard InChI is InChI=1S/C26H28N4O2S/c1-32-26-20(16-18-10-5-7-12-21(18)30-26)22-17-28-24(29-22)14-4-3-9-15-27-25(31)19-11-6-8-13-23(19)33-2/h5-8,10-13,16-17H,3-4,9,14-15H2,1-2H3,(H,27,31)(H,28,29). The Bertz CT molecular complexity index is 1240. The summed E-state index contributed by atoms with van der Waals surface area (Å²) in [6.07, 6.45) is 7.63. The third kappa shape index (κ3) is 5.54. The number of amides is 1. The number of hydrogen-bond acceptors (Lipinski definition) is 5. The number of rotatable bonds is 10. The van der Waals surface area contributed by atoms with Gasteiger partial charge in [-0.2, -0.15) is 0 Å². The number of carbonyl (C=O) groups is 1. The van der Waals surface area contributed by atoms with Crippen LogP contribution in [0.2, 0.25) is 0 Å². The van der Waals surface area contributed by atoms with Crippen molar-refractivity contribution in [2.45, 2.75) is 30.6 Å². The van der Waals surface area contributed by atoms with Crippen molar-refractivity contribution in [3.05, 3.63) is 72.2 Å². The number of H-pyrrole nitrogens is 1. The number of nitrogens with zero attached hydrogens (tertiary/aromatic N) is 2. The minimum atomic E-state index is -0.00596. The minimum Gasteiger partial charge on any atom is -0.480 e. The molecule has 0 spiro atoms. The van der Waals surface area contributed by atoms with E-state index in [9.17, 15) is 4.79 Å². The highest BCUT2D eigenvalue weighted by Gasteiger charge is 2.13. The molecule has 0 fully saturated rings. The van der Waals surface area contributed by atoms with Gasteiger partial charge in [-0.3, -0.25) is 4.79 Å². The molecule has 0 aliphatic carbocycles. The number of pyridine rings is 1. The van der Waals surface area contributed by atoms with Crippen molar-refractivity contribution in [2.24, 2.45) is 0 Å². The van der Waals surface area contributed by atoms with E-state index in [0.717, 1.165) is 64.1 Å². The summed E-state index contributed by atoms with van der Waals surface area (Å²) >= 11 is 1.59. The van der Waals surface area contributed by atoms with Crippen molar-refractivity contribution in [3.8, 4) is 17.1 Å². The number of nitrogens with one attached hydrogen (secondary N) is 2. The summed E-state index contributed by atoms with van der Waals surface area (Å²) in [6, 6.07) is 17.8. The summed E-state index contributed by atoms with van der Waals surface area (Å²) in [6.45, 7) is 0.672. The quantitative estimate of drug-likeness (QED) is 0.241. The van der Waals surface area contributed by atoms with Crippen LogP contribution >= 0.6 is 11.8 Å². The molecule has 0 bridgehead atoms. The van der Waals surface area contributed by atoms with Gasteiger partial charge in [-0.15, -0.1) is 11.8 Å². The number of benzene rings is 2. The van der Waals surface area contributed by atoms with Gasteiger partial charge in [0.05, 0.1) is 35.6 Å². The van der Waals surface area contributed by atoms with E-state index in [0.29, 0.717) is 12.4 Å². The summed E-state index contributed by atoms with van der Waals surface area (Å²) < 4.78 is 5.51. The van der Waals surface area contributed by atoms with Gasteiger partial charge in [0.1, 0.15) is 5.82 Å². The smallest absolute Gasteiger partial charge is 0.252 e. The molecule has 2 heterocycles. The van der Waals surface area contributed by atoms with Crippen molar-refractivity contribution in [3.63, 3.8) is 0 Å². The van der Waals surface area contributed by atoms with Gasteiger partial charge >= 0.3 is 0 Å². The van der Waals surface area contributed by atoms with Gasteiger partial charge in [0.2, 0.25) is 5.88 Å². The average molecular weight is 461 g/mol. The zero-order valence-electron chi connectivity index (χ0n) is 18.9. The average Bonchev–Trinajstić information content (AvgIpc) is 3.33. The monoisotopic (exact) mass is 460 g/mol. The van der Waals surface area contributed by atoms with Crippen LogP contribution in [0.5, 0.6) is 5.88 Å². The number of methoxy groups -OCH3 is 1. The second-order valence-electron chi connectivity index (χ2n) is 7.75. The first-order valence-corrected chi connectivity index (χ1v) is 12.3. The van der Waals surface area contributed by atoms with E-state index in [1.807, 2.05) is 61.0 Å². The molecule has 0 saturated carbocycles. The van der Waals surface area contributed by atoms with Crippen LogP contribution in [-0.2, 0) is 6.42 Å². The minimum absolute atomic E-state index is 0.00596. The third-order valence-electron chi connectivity index (χ3n) is 5.53. The highest BCUT2D eigenvalue weighted by atomic mass is 32.2. The molecule has 6 nitrogen and oxygen atoms in total. The summed E-state index contributed by atoms with van der Waals surface area (Å²) in [7, 11) is 1.64. The Morgan fingerprint density at radius 2 is 1.91 bits per heavy atom. The molecule has 7 heteroatoms. The van der Waals surface area contributed by atoms with Crippen molar-refractivity contribution in [1.82, 2.24) is 20.3 Å². The van der Waals surface area contributed by atoms with Crippen molar-refractivity contribution in [2.75, 3.05) is 19.9 Å².